The third-order valence-corrected chi connectivity index (χ3v) is 3.41. The van der Waals surface area contributed by atoms with Gasteiger partial charge >= 0.3 is 0 Å². The molecule has 0 aliphatic heterocycles. The number of nitrogens with two attached hydrogens (primary N) is 1. The van der Waals surface area contributed by atoms with E-state index in [1.165, 1.54) is 0 Å². The molecule has 0 bridgehead atoms. The molecule has 4 heteroatoms. The Hall–Kier alpha value is -2.75. The van der Waals surface area contributed by atoms with Gasteiger partial charge in [0, 0.05) is 16.8 Å². The molecule has 3 rings (SSSR count). The van der Waals surface area contributed by atoms with Crippen LogP contribution in [0.4, 0.5) is 11.4 Å². The molecule has 0 saturated carbocycles. The Bertz CT molecular complexity index is 772. The Balaban J connectivity index is 1.89. The number of nitrogens with one attached hydrogen (secondary N) is 1. The van der Waals surface area contributed by atoms with Crippen molar-refractivity contribution in [2.75, 3.05) is 11.1 Å². The van der Waals surface area contributed by atoms with Crippen LogP contribution in [0.25, 0.3) is 11.0 Å². The number of benzene rings is 2. The predicted octanol–water partition coefficient (Wildman–Crippen LogP) is 3.83. The molecule has 1 amide bonds. The first-order valence-electron chi connectivity index (χ1n) is 6.85. The Morgan fingerprint density at radius 1 is 1.19 bits per heavy atom. The smallest absolute Gasteiger partial charge is 0.291 e. The van der Waals surface area contributed by atoms with Crippen molar-refractivity contribution in [3.63, 3.8) is 0 Å². The van der Waals surface area contributed by atoms with Gasteiger partial charge in [0.2, 0.25) is 0 Å². The predicted molar refractivity (Wildman–Crippen MR) is 84.4 cm³/mol. The molecule has 3 aromatic rings. The Kier molecular flexibility index (Phi) is 3.36. The van der Waals surface area contributed by atoms with Crippen LogP contribution in [0.3, 0.4) is 0 Å². The third kappa shape index (κ3) is 2.60. The number of hydrogen-bond donors (Lipinski definition) is 2. The van der Waals surface area contributed by atoms with Gasteiger partial charge in [0.25, 0.3) is 5.91 Å². The van der Waals surface area contributed by atoms with E-state index in [9.17, 15) is 4.79 Å². The Labute approximate surface area is 122 Å². The molecule has 106 valence electrons. The summed E-state index contributed by atoms with van der Waals surface area (Å²) < 4.78 is 5.56. The number of rotatable bonds is 3. The highest BCUT2D eigenvalue weighted by Gasteiger charge is 2.13. The number of para-hydroxylation sites is 1. The van der Waals surface area contributed by atoms with Gasteiger partial charge in [-0.15, -0.1) is 0 Å². The third-order valence-electron chi connectivity index (χ3n) is 3.41. The maximum atomic E-state index is 12.3. The van der Waals surface area contributed by atoms with E-state index in [4.69, 9.17) is 10.2 Å². The topological polar surface area (TPSA) is 68.3 Å². The zero-order chi connectivity index (χ0) is 14.8. The average Bonchev–Trinajstić information content (AvgIpc) is 2.93. The van der Waals surface area contributed by atoms with Crippen LogP contribution in [0.5, 0.6) is 0 Å². The first-order valence-corrected chi connectivity index (χ1v) is 6.85. The fourth-order valence-electron chi connectivity index (χ4n) is 2.31. The zero-order valence-corrected chi connectivity index (χ0v) is 11.7. The molecule has 21 heavy (non-hydrogen) atoms. The maximum Gasteiger partial charge on any atom is 0.291 e. The van der Waals surface area contributed by atoms with E-state index in [-0.39, 0.29) is 5.91 Å². The van der Waals surface area contributed by atoms with Crippen LogP contribution in [0.2, 0.25) is 0 Å². The number of anilines is 2. The van der Waals surface area contributed by atoms with E-state index in [2.05, 4.69) is 5.32 Å². The summed E-state index contributed by atoms with van der Waals surface area (Å²) in [5.74, 6) is 0.0424. The lowest BCUT2D eigenvalue weighted by molar-refractivity contribution is 0.0998. The summed E-state index contributed by atoms with van der Waals surface area (Å²) in [7, 11) is 0. The number of hydrogen-bond acceptors (Lipinski definition) is 3. The molecule has 1 aromatic heterocycles. The van der Waals surface area contributed by atoms with Gasteiger partial charge < -0.3 is 15.5 Å². The minimum atomic E-state index is -0.259. The van der Waals surface area contributed by atoms with E-state index >= 15 is 0 Å². The number of amides is 1. The zero-order valence-electron chi connectivity index (χ0n) is 11.7. The maximum absolute atomic E-state index is 12.3. The number of fused-ring (bicyclic) bond motifs is 1. The summed E-state index contributed by atoms with van der Waals surface area (Å²) in [6, 6.07) is 14.7. The van der Waals surface area contributed by atoms with Gasteiger partial charge in [0.1, 0.15) is 5.58 Å². The van der Waals surface area contributed by atoms with Crippen molar-refractivity contribution in [2.45, 2.75) is 13.3 Å². The van der Waals surface area contributed by atoms with Gasteiger partial charge in [-0.3, -0.25) is 4.79 Å². The second-order valence-corrected chi connectivity index (χ2v) is 4.87. The van der Waals surface area contributed by atoms with Crippen molar-refractivity contribution in [1.29, 1.82) is 0 Å². The standard InChI is InChI=1S/C17H16N2O2/c1-2-11-9-13(18)7-8-14(11)19-17(20)16-10-12-5-3-4-6-15(12)21-16/h3-10H,2,18H2,1H3,(H,19,20). The molecule has 0 radical (unpaired) electrons. The van der Waals surface area contributed by atoms with E-state index < -0.39 is 0 Å². The summed E-state index contributed by atoms with van der Waals surface area (Å²) >= 11 is 0. The minimum Gasteiger partial charge on any atom is -0.451 e. The number of carbonyl (C=O) groups excluding carboxylic acids is 1. The average molecular weight is 280 g/mol. The quantitative estimate of drug-likeness (QED) is 0.716. The molecular weight excluding hydrogens is 264 g/mol. The van der Waals surface area contributed by atoms with Crippen molar-refractivity contribution in [3.8, 4) is 0 Å². The van der Waals surface area contributed by atoms with Crippen LogP contribution in [0.1, 0.15) is 23.0 Å². The molecule has 0 aliphatic rings. The first kappa shape index (κ1) is 13.2. The summed E-state index contributed by atoms with van der Waals surface area (Å²) in [5, 5.41) is 3.79. The Morgan fingerprint density at radius 3 is 2.76 bits per heavy atom. The Morgan fingerprint density at radius 2 is 2.00 bits per heavy atom. The molecule has 4 nitrogen and oxygen atoms in total. The summed E-state index contributed by atoms with van der Waals surface area (Å²) in [6.07, 6.45) is 0.792. The van der Waals surface area contributed by atoms with Crippen molar-refractivity contribution in [1.82, 2.24) is 0 Å². The van der Waals surface area contributed by atoms with Gasteiger partial charge in [-0.1, -0.05) is 25.1 Å². The molecular formula is C17H16N2O2. The van der Waals surface area contributed by atoms with E-state index in [0.717, 1.165) is 23.1 Å². The van der Waals surface area contributed by atoms with E-state index in [0.29, 0.717) is 17.0 Å². The number of furan rings is 1. The lowest BCUT2D eigenvalue weighted by Crippen LogP contribution is -2.12. The molecule has 2 aromatic carbocycles. The normalized spacial score (nSPS) is 10.7. The highest BCUT2D eigenvalue weighted by molar-refractivity contribution is 6.05. The molecule has 0 saturated heterocycles. The van der Waals surface area contributed by atoms with Gasteiger partial charge in [0.15, 0.2) is 5.76 Å². The van der Waals surface area contributed by atoms with Crippen LogP contribution in [0, 0.1) is 0 Å². The summed E-state index contributed by atoms with van der Waals surface area (Å²) in [4.78, 5) is 12.3. The van der Waals surface area contributed by atoms with Crippen LogP contribution < -0.4 is 11.1 Å². The van der Waals surface area contributed by atoms with Crippen molar-refractivity contribution in [2.24, 2.45) is 0 Å². The molecule has 3 N–H and O–H groups in total. The second-order valence-electron chi connectivity index (χ2n) is 4.87. The SMILES string of the molecule is CCc1cc(N)ccc1NC(=O)c1cc2ccccc2o1. The first-order chi connectivity index (χ1) is 10.2. The summed E-state index contributed by atoms with van der Waals surface area (Å²) in [5.41, 5.74) is 8.92. The summed E-state index contributed by atoms with van der Waals surface area (Å²) in [6.45, 7) is 2.02. The van der Waals surface area contributed by atoms with Crippen LogP contribution in [-0.2, 0) is 6.42 Å². The molecule has 0 unspecified atom stereocenters. The number of aryl methyl sites for hydroxylation is 1. The van der Waals surface area contributed by atoms with Crippen molar-refractivity contribution >= 4 is 28.3 Å². The minimum absolute atomic E-state index is 0.259. The molecule has 0 spiro atoms. The van der Waals surface area contributed by atoms with Gasteiger partial charge in [-0.2, -0.15) is 0 Å². The van der Waals surface area contributed by atoms with Crippen molar-refractivity contribution in [3.05, 3.63) is 59.9 Å². The van der Waals surface area contributed by atoms with Crippen LogP contribution >= 0.6 is 0 Å². The highest BCUT2D eigenvalue weighted by Crippen LogP contribution is 2.23. The van der Waals surface area contributed by atoms with Crippen LogP contribution in [0.15, 0.2) is 52.9 Å². The number of carbonyl (C=O) groups is 1. The van der Waals surface area contributed by atoms with Crippen molar-refractivity contribution < 1.29 is 9.21 Å². The van der Waals surface area contributed by atoms with E-state index in [1.807, 2.05) is 43.3 Å². The lowest BCUT2D eigenvalue weighted by Gasteiger charge is -2.09. The highest BCUT2D eigenvalue weighted by atomic mass is 16.3. The van der Waals surface area contributed by atoms with Gasteiger partial charge in [-0.25, -0.2) is 0 Å². The molecule has 0 fully saturated rings. The molecule has 0 aliphatic carbocycles. The number of nitrogen functional groups attached to an aromatic ring is 1. The fraction of sp³-hybridized carbons (Fsp3) is 0.118. The van der Waals surface area contributed by atoms with Gasteiger partial charge in [0.05, 0.1) is 0 Å². The van der Waals surface area contributed by atoms with Crippen LogP contribution in [-0.4, -0.2) is 5.91 Å². The lowest BCUT2D eigenvalue weighted by atomic mass is 10.1. The molecule has 1 heterocycles. The monoisotopic (exact) mass is 280 g/mol. The van der Waals surface area contributed by atoms with Gasteiger partial charge in [-0.05, 0) is 42.3 Å². The second kappa shape index (κ2) is 5.32. The van der Waals surface area contributed by atoms with E-state index in [1.54, 1.807) is 12.1 Å². The largest absolute Gasteiger partial charge is 0.451 e. The molecule has 0 atom stereocenters. The fourth-order valence-corrected chi connectivity index (χ4v) is 2.31.